The van der Waals surface area contributed by atoms with Crippen molar-refractivity contribution in [3.63, 3.8) is 0 Å². The highest BCUT2D eigenvalue weighted by Gasteiger charge is 2.22. The molecule has 0 saturated carbocycles. The van der Waals surface area contributed by atoms with Gasteiger partial charge in [0.2, 0.25) is 0 Å². The van der Waals surface area contributed by atoms with Crippen LogP contribution in [-0.4, -0.2) is 34.8 Å². The van der Waals surface area contributed by atoms with E-state index in [4.69, 9.17) is 0 Å². The van der Waals surface area contributed by atoms with E-state index in [1.807, 2.05) is 12.1 Å². The Morgan fingerprint density at radius 3 is 2.62 bits per heavy atom. The minimum absolute atomic E-state index is 0.156. The Hall–Kier alpha value is -2.47. The first-order valence-corrected chi connectivity index (χ1v) is 9.41. The molecule has 0 atom stereocenters. The number of halogens is 1. The van der Waals surface area contributed by atoms with Crippen molar-refractivity contribution >= 4 is 33.8 Å². The highest BCUT2D eigenvalue weighted by atomic mass is 79.9. The van der Waals surface area contributed by atoms with Crippen molar-refractivity contribution in [3.8, 4) is 0 Å². The second-order valence-corrected chi connectivity index (χ2v) is 7.08. The van der Waals surface area contributed by atoms with Crippen LogP contribution in [0.2, 0.25) is 0 Å². The van der Waals surface area contributed by atoms with Gasteiger partial charge in [0, 0.05) is 35.5 Å². The van der Waals surface area contributed by atoms with Gasteiger partial charge in [0.25, 0.3) is 11.8 Å². The molecule has 1 aliphatic heterocycles. The van der Waals surface area contributed by atoms with E-state index in [1.54, 1.807) is 47.6 Å². The van der Waals surface area contributed by atoms with E-state index < -0.39 is 0 Å². The molecule has 6 heteroatoms. The van der Waals surface area contributed by atoms with Crippen LogP contribution in [-0.2, 0) is 4.79 Å². The number of piperidine rings is 1. The molecular weight excluding hydrogens is 394 g/mol. The first-order valence-electron chi connectivity index (χ1n) is 8.61. The molecule has 26 heavy (non-hydrogen) atoms. The van der Waals surface area contributed by atoms with Gasteiger partial charge in [0.1, 0.15) is 5.70 Å². The number of rotatable bonds is 4. The minimum Gasteiger partial charge on any atom is -0.337 e. The van der Waals surface area contributed by atoms with Gasteiger partial charge in [0.05, 0.1) is 0 Å². The third-order valence-corrected chi connectivity index (χ3v) is 4.70. The van der Waals surface area contributed by atoms with Gasteiger partial charge in [-0.15, -0.1) is 0 Å². The minimum atomic E-state index is -0.313. The summed E-state index contributed by atoms with van der Waals surface area (Å²) in [5.41, 5.74) is 1.52. The monoisotopic (exact) mass is 413 g/mol. The Morgan fingerprint density at radius 2 is 1.92 bits per heavy atom. The zero-order valence-electron chi connectivity index (χ0n) is 14.3. The third-order valence-electron chi connectivity index (χ3n) is 4.20. The number of nitrogens with zero attached hydrogens (tertiary/aromatic N) is 2. The maximum atomic E-state index is 12.9. The van der Waals surface area contributed by atoms with E-state index >= 15 is 0 Å². The molecule has 1 fully saturated rings. The summed E-state index contributed by atoms with van der Waals surface area (Å²) in [7, 11) is 0. The third kappa shape index (κ3) is 4.79. The smallest absolute Gasteiger partial charge is 0.270 e. The molecule has 2 amide bonds. The molecular formula is C20H20BrN3O2. The lowest BCUT2D eigenvalue weighted by molar-refractivity contribution is -0.128. The number of carbonyl (C=O) groups excluding carboxylic acids is 2. The van der Waals surface area contributed by atoms with E-state index in [1.165, 1.54) is 0 Å². The fraction of sp³-hybridized carbons (Fsp3) is 0.250. The number of nitrogens with one attached hydrogen (secondary N) is 1. The Kier molecular flexibility index (Phi) is 6.17. The van der Waals surface area contributed by atoms with Crippen LogP contribution in [0.3, 0.4) is 0 Å². The van der Waals surface area contributed by atoms with E-state index in [0.29, 0.717) is 5.56 Å². The van der Waals surface area contributed by atoms with E-state index in [-0.39, 0.29) is 17.5 Å². The lowest BCUT2D eigenvalue weighted by Crippen LogP contribution is -2.41. The van der Waals surface area contributed by atoms with Gasteiger partial charge in [-0.05, 0) is 55.2 Å². The summed E-state index contributed by atoms with van der Waals surface area (Å²) in [6.45, 7) is 1.44. The van der Waals surface area contributed by atoms with Crippen molar-refractivity contribution < 1.29 is 9.59 Å². The number of carbonyl (C=O) groups is 2. The second-order valence-electron chi connectivity index (χ2n) is 6.16. The van der Waals surface area contributed by atoms with Crippen LogP contribution in [0.15, 0.2) is 59.0 Å². The quantitative estimate of drug-likeness (QED) is 0.778. The Morgan fingerprint density at radius 1 is 1.12 bits per heavy atom. The van der Waals surface area contributed by atoms with E-state index in [2.05, 4.69) is 26.2 Å². The maximum absolute atomic E-state index is 12.9. The number of hydrogen-bond acceptors (Lipinski definition) is 3. The highest BCUT2D eigenvalue weighted by molar-refractivity contribution is 9.10. The van der Waals surface area contributed by atoms with Crippen LogP contribution in [0, 0.1) is 0 Å². The predicted octanol–water partition coefficient (Wildman–Crippen LogP) is 3.63. The number of aromatic nitrogens is 1. The summed E-state index contributed by atoms with van der Waals surface area (Å²) in [5.74, 6) is -0.469. The maximum Gasteiger partial charge on any atom is 0.270 e. The SMILES string of the molecule is O=C(N/C(=C/c1cccnc1)C(=O)N1CCCCC1)c1cccc(Br)c1. The number of likely N-dealkylation sites (tertiary alicyclic amines) is 1. The summed E-state index contributed by atoms with van der Waals surface area (Å²) < 4.78 is 0.810. The molecule has 1 aliphatic rings. The van der Waals surface area contributed by atoms with Crippen LogP contribution in [0.4, 0.5) is 0 Å². The second kappa shape index (κ2) is 8.76. The van der Waals surface area contributed by atoms with E-state index in [9.17, 15) is 9.59 Å². The normalized spacial score (nSPS) is 14.8. The number of benzene rings is 1. The average Bonchev–Trinajstić information content (AvgIpc) is 2.68. The standard InChI is InChI=1S/C20H20BrN3O2/c21-17-8-4-7-16(13-17)19(25)23-18(12-15-6-5-9-22-14-15)20(26)24-10-2-1-3-11-24/h4-9,12-14H,1-3,10-11H2,(H,23,25)/b18-12+. The van der Waals surface area contributed by atoms with Gasteiger partial charge in [-0.1, -0.05) is 28.1 Å². The highest BCUT2D eigenvalue weighted by Crippen LogP contribution is 2.15. The molecule has 0 unspecified atom stereocenters. The van der Waals surface area contributed by atoms with Crippen molar-refractivity contribution in [1.29, 1.82) is 0 Å². The largest absolute Gasteiger partial charge is 0.337 e. The van der Waals surface area contributed by atoms with Crippen LogP contribution in [0.25, 0.3) is 6.08 Å². The number of hydrogen-bond donors (Lipinski definition) is 1. The summed E-state index contributed by atoms with van der Waals surface area (Å²) in [5, 5.41) is 2.79. The van der Waals surface area contributed by atoms with Crippen LogP contribution in [0.5, 0.6) is 0 Å². The van der Waals surface area contributed by atoms with Crippen molar-refractivity contribution in [1.82, 2.24) is 15.2 Å². The Bertz CT molecular complexity index is 815. The molecule has 0 spiro atoms. The zero-order chi connectivity index (χ0) is 18.4. The first-order chi connectivity index (χ1) is 12.6. The van der Waals surface area contributed by atoms with Crippen molar-refractivity contribution in [2.75, 3.05) is 13.1 Å². The fourth-order valence-electron chi connectivity index (χ4n) is 2.87. The Labute approximate surface area is 161 Å². The zero-order valence-corrected chi connectivity index (χ0v) is 15.9. The molecule has 1 aromatic heterocycles. The first kappa shape index (κ1) is 18.3. The lowest BCUT2D eigenvalue weighted by atomic mass is 10.1. The fourth-order valence-corrected chi connectivity index (χ4v) is 3.27. The summed E-state index contributed by atoms with van der Waals surface area (Å²) in [6, 6.07) is 10.7. The van der Waals surface area contributed by atoms with Gasteiger partial charge in [-0.2, -0.15) is 0 Å². The topological polar surface area (TPSA) is 62.3 Å². The van der Waals surface area contributed by atoms with Crippen molar-refractivity contribution in [3.05, 3.63) is 70.1 Å². The molecule has 134 valence electrons. The van der Waals surface area contributed by atoms with Gasteiger partial charge >= 0.3 is 0 Å². The molecule has 3 rings (SSSR count). The summed E-state index contributed by atoms with van der Waals surface area (Å²) in [4.78, 5) is 31.4. The van der Waals surface area contributed by atoms with Gasteiger partial charge in [-0.3, -0.25) is 14.6 Å². The van der Waals surface area contributed by atoms with Gasteiger partial charge in [0.15, 0.2) is 0 Å². The lowest BCUT2D eigenvalue weighted by Gasteiger charge is -2.27. The molecule has 1 N–H and O–H groups in total. The number of amides is 2. The molecule has 2 heterocycles. The Balaban J connectivity index is 1.86. The molecule has 5 nitrogen and oxygen atoms in total. The molecule has 0 aliphatic carbocycles. The molecule has 1 saturated heterocycles. The van der Waals surface area contributed by atoms with Gasteiger partial charge in [-0.25, -0.2) is 0 Å². The van der Waals surface area contributed by atoms with E-state index in [0.717, 1.165) is 42.4 Å². The molecule has 1 aromatic carbocycles. The molecule has 0 radical (unpaired) electrons. The van der Waals surface area contributed by atoms with Crippen LogP contribution < -0.4 is 5.32 Å². The average molecular weight is 414 g/mol. The van der Waals surface area contributed by atoms with Gasteiger partial charge < -0.3 is 10.2 Å². The van der Waals surface area contributed by atoms with Crippen molar-refractivity contribution in [2.45, 2.75) is 19.3 Å². The van der Waals surface area contributed by atoms with Crippen molar-refractivity contribution in [2.24, 2.45) is 0 Å². The predicted molar refractivity (Wildman–Crippen MR) is 104 cm³/mol. The summed E-state index contributed by atoms with van der Waals surface area (Å²) >= 11 is 3.36. The number of pyridine rings is 1. The molecule has 2 aromatic rings. The molecule has 0 bridgehead atoms. The van der Waals surface area contributed by atoms with Crippen LogP contribution >= 0.6 is 15.9 Å². The summed E-state index contributed by atoms with van der Waals surface area (Å²) in [6.07, 6.45) is 8.13. The van der Waals surface area contributed by atoms with Crippen LogP contribution in [0.1, 0.15) is 35.2 Å².